The number of hydrogen-bond donors (Lipinski definition) is 12. The van der Waals surface area contributed by atoms with Crippen LogP contribution < -0.4 is 5.32 Å². The predicted molar refractivity (Wildman–Crippen MR) is 374 cm³/mol. The molecule has 0 spiro atoms. The molecule has 3 fully saturated rings. The SMILES string of the molecule is CC/C=C\C/C=C\C/C=C\C/C=C\C/C=C\CCCCCCCCCC(=O)NC(COC1OC(CO)C(OC2OC(CO)C(OC3OC(CO)C(O)C(O)C3O)C(O)C2O)C(O)C1O)C(O)CCCCCCCCCCCCCCCCCCCCCCCCCCCCC. The van der Waals surface area contributed by atoms with Crippen LogP contribution in [-0.2, 0) is 33.2 Å². The van der Waals surface area contributed by atoms with Crippen LogP contribution in [0.2, 0.25) is 0 Å². The Kier molecular flexibility index (Phi) is 52.2. The largest absolute Gasteiger partial charge is 0.394 e. The van der Waals surface area contributed by atoms with Gasteiger partial charge in [0.15, 0.2) is 18.9 Å². The van der Waals surface area contributed by atoms with Crippen molar-refractivity contribution in [1.29, 1.82) is 0 Å². The zero-order chi connectivity index (χ0) is 68.9. The number of ether oxygens (including phenoxy) is 6. The van der Waals surface area contributed by atoms with Gasteiger partial charge >= 0.3 is 0 Å². The Morgan fingerprint density at radius 1 is 0.389 bits per heavy atom. The van der Waals surface area contributed by atoms with Gasteiger partial charge in [0, 0.05) is 6.42 Å². The van der Waals surface area contributed by atoms with Crippen LogP contribution >= 0.6 is 0 Å². The molecule has 0 aromatic rings. The van der Waals surface area contributed by atoms with Crippen molar-refractivity contribution in [3.8, 4) is 0 Å². The molecular weight excluding hydrogens is 1210 g/mol. The number of allylic oxidation sites excluding steroid dienone is 10. The highest BCUT2D eigenvalue weighted by molar-refractivity contribution is 5.76. The van der Waals surface area contributed by atoms with E-state index in [1.807, 2.05) is 0 Å². The second-order valence-electron chi connectivity index (χ2n) is 27.1. The van der Waals surface area contributed by atoms with E-state index >= 15 is 0 Å². The topological polar surface area (TPSA) is 307 Å². The lowest BCUT2D eigenvalue weighted by atomic mass is 9.96. The molecule has 1 amide bonds. The van der Waals surface area contributed by atoms with Crippen LogP contribution in [0.1, 0.15) is 284 Å². The van der Waals surface area contributed by atoms with Gasteiger partial charge in [-0.15, -0.1) is 0 Å². The number of unbranched alkanes of at least 4 members (excludes halogenated alkanes) is 33. The molecule has 3 aliphatic rings. The van der Waals surface area contributed by atoms with Gasteiger partial charge in [-0.05, 0) is 57.8 Å². The lowest BCUT2D eigenvalue weighted by Gasteiger charge is -2.48. The van der Waals surface area contributed by atoms with Gasteiger partial charge in [-0.3, -0.25) is 4.79 Å². The maximum absolute atomic E-state index is 13.5. The predicted octanol–water partition coefficient (Wildman–Crippen LogP) is 11.5. The molecule has 3 saturated heterocycles. The molecule has 0 radical (unpaired) electrons. The molecule has 0 bridgehead atoms. The monoisotopic (exact) mass is 1350 g/mol. The van der Waals surface area contributed by atoms with Crippen LogP contribution in [0.15, 0.2) is 60.8 Å². The van der Waals surface area contributed by atoms with E-state index in [1.165, 1.54) is 148 Å². The molecule has 12 N–H and O–H groups in total. The molecule has 95 heavy (non-hydrogen) atoms. The number of nitrogens with one attached hydrogen (secondary N) is 1. The molecule has 0 aliphatic carbocycles. The summed E-state index contributed by atoms with van der Waals surface area (Å²) in [6.07, 6.45) is 44.4. The fraction of sp³-hybridized carbons (Fsp3) is 0.855. The minimum Gasteiger partial charge on any atom is -0.394 e. The Morgan fingerprint density at radius 3 is 1.14 bits per heavy atom. The van der Waals surface area contributed by atoms with Gasteiger partial charge in [-0.25, -0.2) is 0 Å². The molecule has 0 aromatic carbocycles. The van der Waals surface area contributed by atoms with E-state index in [0.29, 0.717) is 12.8 Å². The normalized spacial score (nSPS) is 27.5. The van der Waals surface area contributed by atoms with Gasteiger partial charge in [0.1, 0.15) is 73.2 Å². The fourth-order valence-electron chi connectivity index (χ4n) is 12.8. The average Bonchev–Trinajstić information content (AvgIpc) is 0.787. The van der Waals surface area contributed by atoms with Gasteiger partial charge in [0.2, 0.25) is 5.91 Å². The smallest absolute Gasteiger partial charge is 0.220 e. The maximum Gasteiger partial charge on any atom is 0.220 e. The Balaban J connectivity index is 1.40. The second kappa shape index (κ2) is 57.2. The zero-order valence-corrected chi connectivity index (χ0v) is 58.9. The number of rotatable bonds is 59. The minimum atomic E-state index is -1.98. The van der Waals surface area contributed by atoms with Crippen LogP contribution in [-0.4, -0.2) is 193 Å². The van der Waals surface area contributed by atoms with Crippen LogP contribution in [0.3, 0.4) is 0 Å². The van der Waals surface area contributed by atoms with Gasteiger partial charge in [-0.1, -0.05) is 280 Å². The van der Waals surface area contributed by atoms with E-state index in [-0.39, 0.29) is 18.9 Å². The first-order chi connectivity index (χ1) is 46.3. The Hall–Kier alpha value is -2.51. The number of aliphatic hydroxyl groups excluding tert-OH is 11. The highest BCUT2D eigenvalue weighted by Gasteiger charge is 2.53. The molecule has 3 aliphatic heterocycles. The Morgan fingerprint density at radius 2 is 0.726 bits per heavy atom. The number of carbonyl (C=O) groups excluding carboxylic acids is 1. The van der Waals surface area contributed by atoms with Crippen molar-refractivity contribution in [2.24, 2.45) is 0 Å². The Labute approximate surface area is 573 Å². The first-order valence-corrected chi connectivity index (χ1v) is 38.0. The summed E-state index contributed by atoms with van der Waals surface area (Å²) in [5.74, 6) is -0.253. The molecule has 17 unspecified atom stereocenters. The van der Waals surface area contributed by atoms with Crippen LogP contribution in [0.5, 0.6) is 0 Å². The molecule has 3 rings (SSSR count). The molecule has 554 valence electrons. The summed E-state index contributed by atoms with van der Waals surface area (Å²) in [5, 5.41) is 121. The number of hydrogen-bond acceptors (Lipinski definition) is 18. The highest BCUT2D eigenvalue weighted by atomic mass is 16.8. The summed E-state index contributed by atoms with van der Waals surface area (Å²) in [5.41, 5.74) is 0. The molecular formula is C76H137NO18. The molecule has 19 nitrogen and oxygen atoms in total. The van der Waals surface area contributed by atoms with Crippen LogP contribution in [0.25, 0.3) is 0 Å². The quantitative estimate of drug-likeness (QED) is 0.0199. The van der Waals surface area contributed by atoms with Gasteiger partial charge in [-0.2, -0.15) is 0 Å². The van der Waals surface area contributed by atoms with Crippen molar-refractivity contribution in [2.45, 2.75) is 388 Å². The third-order valence-electron chi connectivity index (χ3n) is 18.9. The third kappa shape index (κ3) is 38.2. The third-order valence-corrected chi connectivity index (χ3v) is 18.9. The van der Waals surface area contributed by atoms with Crippen molar-refractivity contribution in [1.82, 2.24) is 5.32 Å². The zero-order valence-electron chi connectivity index (χ0n) is 58.9. The van der Waals surface area contributed by atoms with E-state index in [0.717, 1.165) is 103 Å². The summed E-state index contributed by atoms with van der Waals surface area (Å²) >= 11 is 0. The second-order valence-corrected chi connectivity index (χ2v) is 27.1. The number of carbonyl (C=O) groups is 1. The van der Waals surface area contributed by atoms with Crippen molar-refractivity contribution < 1.29 is 89.4 Å². The average molecular weight is 1350 g/mol. The Bertz CT molecular complexity index is 1950. The summed E-state index contributed by atoms with van der Waals surface area (Å²) in [6.45, 7) is 1.71. The van der Waals surface area contributed by atoms with Crippen LogP contribution in [0, 0.1) is 0 Å². The van der Waals surface area contributed by atoms with Crippen molar-refractivity contribution in [3.63, 3.8) is 0 Å². The molecule has 0 aromatic heterocycles. The number of aliphatic hydroxyl groups is 11. The number of amides is 1. The molecule has 3 heterocycles. The van der Waals surface area contributed by atoms with Crippen LogP contribution in [0.4, 0.5) is 0 Å². The van der Waals surface area contributed by atoms with Crippen molar-refractivity contribution in [3.05, 3.63) is 60.8 Å². The van der Waals surface area contributed by atoms with Gasteiger partial charge in [0.25, 0.3) is 0 Å². The van der Waals surface area contributed by atoms with Crippen molar-refractivity contribution >= 4 is 5.91 Å². The van der Waals surface area contributed by atoms with E-state index < -0.39 is 124 Å². The summed E-state index contributed by atoms with van der Waals surface area (Å²) < 4.78 is 34.5. The molecule has 19 heteroatoms. The highest BCUT2D eigenvalue weighted by Crippen LogP contribution is 2.33. The molecule has 0 saturated carbocycles. The van der Waals surface area contributed by atoms with Gasteiger partial charge in [0.05, 0.1) is 38.6 Å². The van der Waals surface area contributed by atoms with E-state index in [1.54, 1.807) is 0 Å². The lowest BCUT2D eigenvalue weighted by molar-refractivity contribution is -0.379. The van der Waals surface area contributed by atoms with Crippen molar-refractivity contribution in [2.75, 3.05) is 26.4 Å². The minimum absolute atomic E-state index is 0.251. The first-order valence-electron chi connectivity index (χ1n) is 38.0. The molecule has 17 atom stereocenters. The van der Waals surface area contributed by atoms with Gasteiger partial charge < -0.3 is 89.9 Å². The lowest BCUT2D eigenvalue weighted by Crippen LogP contribution is -2.66. The first kappa shape index (κ1) is 86.7. The summed E-state index contributed by atoms with van der Waals surface area (Å²) in [4.78, 5) is 13.5. The van der Waals surface area contributed by atoms with E-state index in [4.69, 9.17) is 28.4 Å². The maximum atomic E-state index is 13.5. The van der Waals surface area contributed by atoms with E-state index in [9.17, 15) is 61.0 Å². The van der Waals surface area contributed by atoms with E-state index in [2.05, 4.69) is 79.9 Å². The summed E-state index contributed by atoms with van der Waals surface area (Å²) in [6, 6.07) is -0.898. The fourth-order valence-corrected chi connectivity index (χ4v) is 12.8. The standard InChI is InChI=1S/C76H137NO18/c1-3-5-7-9-11-13-15-17-19-21-23-25-27-28-29-30-32-33-35-37-39-41-43-45-47-49-51-53-60(81)59(77-64(82)54-52-50-48-46-44-42-40-38-36-34-31-26-24-22-20-18-16-14-12-10-8-6-4-2)58-90-74-70(88)67(85)72(62(56-79)92-74)95-76-71(89)68(86)73(63(57-80)93-76)94-75-69(87)66(84)65(83)61(55-78)91-75/h6,8,12,14,18,20,24,26,34,36,59-63,65-76,78-81,83-89H,3-5,7,9-11,13,15-17,19,21-23,25,27-33,35,37-58H2,1-2H3,(H,77,82)/b8-6-,14-12-,20-18-,26-24-,36-34-. The summed E-state index contributed by atoms with van der Waals surface area (Å²) in [7, 11) is 0.